The van der Waals surface area contributed by atoms with Crippen molar-refractivity contribution >= 4 is 11.3 Å². The van der Waals surface area contributed by atoms with Crippen molar-refractivity contribution in [2.75, 3.05) is 13.2 Å². The fraction of sp³-hybridized carbons (Fsp3) is 0.400. The zero-order valence-corrected chi connectivity index (χ0v) is 12.5. The Morgan fingerprint density at radius 3 is 2.85 bits per heavy atom. The summed E-state index contributed by atoms with van der Waals surface area (Å²) in [5.41, 5.74) is 8.42. The molecule has 1 unspecified atom stereocenters. The van der Waals surface area contributed by atoms with Gasteiger partial charge in [-0.25, -0.2) is 4.98 Å². The molecule has 2 aromatic rings. The van der Waals surface area contributed by atoms with E-state index in [0.717, 1.165) is 34.2 Å². The van der Waals surface area contributed by atoms with Crippen molar-refractivity contribution < 1.29 is 9.47 Å². The van der Waals surface area contributed by atoms with Gasteiger partial charge in [-0.05, 0) is 19.9 Å². The van der Waals surface area contributed by atoms with Crippen LogP contribution in [0, 0.1) is 13.8 Å². The first-order chi connectivity index (χ1) is 9.65. The standard InChI is InChI=1S/C15H18N2O2S/c1-9-10(2)20-14(17-9)8-12(16)11-4-3-5-13-15(11)19-7-6-18-13/h3-5,12H,6-8,16H2,1-2H3. The van der Waals surface area contributed by atoms with Crippen LogP contribution >= 0.6 is 11.3 Å². The fourth-order valence-corrected chi connectivity index (χ4v) is 3.31. The molecule has 1 atom stereocenters. The number of hydrogen-bond acceptors (Lipinski definition) is 5. The number of aromatic nitrogens is 1. The third-order valence-corrected chi connectivity index (χ3v) is 4.56. The summed E-state index contributed by atoms with van der Waals surface area (Å²) >= 11 is 1.71. The van der Waals surface area contributed by atoms with Crippen LogP contribution in [0.3, 0.4) is 0 Å². The third kappa shape index (κ3) is 2.51. The highest BCUT2D eigenvalue weighted by atomic mass is 32.1. The smallest absolute Gasteiger partial charge is 0.166 e. The second kappa shape index (κ2) is 5.42. The number of nitrogens with two attached hydrogens (primary N) is 1. The Hall–Kier alpha value is -1.59. The summed E-state index contributed by atoms with van der Waals surface area (Å²) in [4.78, 5) is 5.81. The van der Waals surface area contributed by atoms with Crippen LogP contribution in [0.15, 0.2) is 18.2 Å². The van der Waals surface area contributed by atoms with E-state index < -0.39 is 0 Å². The summed E-state index contributed by atoms with van der Waals surface area (Å²) in [6.07, 6.45) is 0.721. The summed E-state index contributed by atoms with van der Waals surface area (Å²) < 4.78 is 11.3. The average molecular weight is 290 g/mol. The number of rotatable bonds is 3. The van der Waals surface area contributed by atoms with Gasteiger partial charge in [-0.1, -0.05) is 12.1 Å². The Morgan fingerprint density at radius 2 is 2.10 bits per heavy atom. The van der Waals surface area contributed by atoms with E-state index >= 15 is 0 Å². The van der Waals surface area contributed by atoms with Crippen molar-refractivity contribution in [1.29, 1.82) is 0 Å². The second-order valence-electron chi connectivity index (χ2n) is 4.93. The Kier molecular flexibility index (Phi) is 3.63. The molecule has 0 aliphatic carbocycles. The topological polar surface area (TPSA) is 57.4 Å². The van der Waals surface area contributed by atoms with Crippen molar-refractivity contribution in [3.8, 4) is 11.5 Å². The highest BCUT2D eigenvalue weighted by Crippen LogP contribution is 2.37. The number of fused-ring (bicyclic) bond motifs is 1. The van der Waals surface area contributed by atoms with Crippen molar-refractivity contribution in [2.45, 2.75) is 26.3 Å². The van der Waals surface area contributed by atoms with Gasteiger partial charge in [-0.2, -0.15) is 0 Å². The Morgan fingerprint density at radius 1 is 1.30 bits per heavy atom. The van der Waals surface area contributed by atoms with Gasteiger partial charge in [0.25, 0.3) is 0 Å². The maximum absolute atomic E-state index is 6.34. The minimum atomic E-state index is -0.128. The van der Waals surface area contributed by atoms with Crippen LogP contribution in [0.1, 0.15) is 27.2 Å². The lowest BCUT2D eigenvalue weighted by Gasteiger charge is -2.23. The number of thiazole rings is 1. The molecule has 0 spiro atoms. The lowest BCUT2D eigenvalue weighted by molar-refractivity contribution is 0.169. The molecule has 0 fully saturated rings. The monoisotopic (exact) mass is 290 g/mol. The van der Waals surface area contributed by atoms with Gasteiger partial charge in [0, 0.05) is 22.9 Å². The van der Waals surface area contributed by atoms with Gasteiger partial charge in [0.2, 0.25) is 0 Å². The van der Waals surface area contributed by atoms with Crippen LogP contribution in [0.5, 0.6) is 11.5 Å². The molecule has 0 radical (unpaired) electrons. The van der Waals surface area contributed by atoms with E-state index in [1.165, 1.54) is 4.88 Å². The normalized spacial score (nSPS) is 15.2. The van der Waals surface area contributed by atoms with Crippen molar-refractivity contribution in [1.82, 2.24) is 4.98 Å². The number of para-hydroxylation sites is 1. The molecule has 0 amide bonds. The van der Waals surface area contributed by atoms with E-state index in [1.54, 1.807) is 11.3 Å². The maximum Gasteiger partial charge on any atom is 0.166 e. The van der Waals surface area contributed by atoms with Crippen LogP contribution in [0.25, 0.3) is 0 Å². The first-order valence-corrected chi connectivity index (χ1v) is 7.54. The first kappa shape index (κ1) is 13.4. The molecule has 2 N–H and O–H groups in total. The Balaban J connectivity index is 1.85. The van der Waals surface area contributed by atoms with Crippen LogP contribution < -0.4 is 15.2 Å². The highest BCUT2D eigenvalue weighted by molar-refractivity contribution is 7.11. The predicted molar refractivity (Wildman–Crippen MR) is 79.7 cm³/mol. The number of aryl methyl sites for hydroxylation is 2. The average Bonchev–Trinajstić information content (AvgIpc) is 2.76. The van der Waals surface area contributed by atoms with Crippen LogP contribution in [0.2, 0.25) is 0 Å². The molecule has 0 bridgehead atoms. The molecular weight excluding hydrogens is 272 g/mol. The van der Waals surface area contributed by atoms with E-state index in [4.69, 9.17) is 15.2 Å². The largest absolute Gasteiger partial charge is 0.486 e. The summed E-state index contributed by atoms with van der Waals surface area (Å²) in [7, 11) is 0. The molecule has 0 saturated heterocycles. The molecule has 4 nitrogen and oxygen atoms in total. The SMILES string of the molecule is Cc1nc(CC(N)c2cccc3c2OCCO3)sc1C. The number of nitrogens with zero attached hydrogens (tertiary/aromatic N) is 1. The molecule has 5 heteroatoms. The van der Waals surface area contributed by atoms with Crippen LogP contribution in [-0.2, 0) is 6.42 Å². The molecule has 1 aliphatic rings. The lowest BCUT2D eigenvalue weighted by Crippen LogP contribution is -2.20. The zero-order chi connectivity index (χ0) is 14.1. The Bertz CT molecular complexity index is 605. The van der Waals surface area contributed by atoms with E-state index in [-0.39, 0.29) is 6.04 Å². The van der Waals surface area contributed by atoms with Gasteiger partial charge in [-0.15, -0.1) is 11.3 Å². The summed E-state index contributed by atoms with van der Waals surface area (Å²) in [6.45, 7) is 5.29. The molecule has 0 saturated carbocycles. The van der Waals surface area contributed by atoms with Crippen molar-refractivity contribution in [2.24, 2.45) is 5.73 Å². The number of hydrogen-bond donors (Lipinski definition) is 1. The van der Waals surface area contributed by atoms with Crippen molar-refractivity contribution in [3.05, 3.63) is 39.3 Å². The number of ether oxygens (including phenoxy) is 2. The summed E-state index contributed by atoms with van der Waals surface area (Å²) in [6, 6.07) is 5.76. The molecular formula is C15H18N2O2S. The Labute approximate surface area is 122 Å². The second-order valence-corrected chi connectivity index (χ2v) is 6.22. The minimum Gasteiger partial charge on any atom is -0.486 e. The fourth-order valence-electron chi connectivity index (χ4n) is 2.31. The molecule has 1 aromatic heterocycles. The first-order valence-electron chi connectivity index (χ1n) is 6.72. The molecule has 2 heterocycles. The quantitative estimate of drug-likeness (QED) is 0.944. The molecule has 1 aliphatic heterocycles. The minimum absolute atomic E-state index is 0.128. The number of benzene rings is 1. The third-order valence-electron chi connectivity index (χ3n) is 3.46. The zero-order valence-electron chi connectivity index (χ0n) is 11.7. The highest BCUT2D eigenvalue weighted by Gasteiger charge is 2.21. The van der Waals surface area contributed by atoms with Gasteiger partial charge in [0.15, 0.2) is 11.5 Å². The van der Waals surface area contributed by atoms with E-state index in [1.807, 2.05) is 25.1 Å². The predicted octanol–water partition coefficient (Wildman–Crippen LogP) is 2.77. The molecule has 1 aromatic carbocycles. The lowest BCUT2D eigenvalue weighted by atomic mass is 10.0. The van der Waals surface area contributed by atoms with E-state index in [9.17, 15) is 0 Å². The molecule has 20 heavy (non-hydrogen) atoms. The molecule has 106 valence electrons. The van der Waals surface area contributed by atoms with Crippen LogP contribution in [-0.4, -0.2) is 18.2 Å². The van der Waals surface area contributed by atoms with Gasteiger partial charge < -0.3 is 15.2 Å². The van der Waals surface area contributed by atoms with Gasteiger partial charge in [0.05, 0.1) is 10.7 Å². The summed E-state index contributed by atoms with van der Waals surface area (Å²) in [5.74, 6) is 1.58. The van der Waals surface area contributed by atoms with Gasteiger partial charge >= 0.3 is 0 Å². The maximum atomic E-state index is 6.34. The van der Waals surface area contributed by atoms with E-state index in [2.05, 4.69) is 11.9 Å². The molecule has 3 rings (SSSR count). The van der Waals surface area contributed by atoms with Gasteiger partial charge in [-0.3, -0.25) is 0 Å². The van der Waals surface area contributed by atoms with Crippen molar-refractivity contribution in [3.63, 3.8) is 0 Å². The van der Waals surface area contributed by atoms with E-state index in [0.29, 0.717) is 13.2 Å². The van der Waals surface area contributed by atoms with Crippen LogP contribution in [0.4, 0.5) is 0 Å². The summed E-state index contributed by atoms with van der Waals surface area (Å²) in [5, 5.41) is 1.07. The van der Waals surface area contributed by atoms with Gasteiger partial charge in [0.1, 0.15) is 13.2 Å².